The number of Topliss-reactive ketones (excluding diaryl/α,β-unsaturated/α-hetero) is 1. The molecule has 0 bridgehead atoms. The minimum absolute atomic E-state index is 0.223. The second-order valence-corrected chi connectivity index (χ2v) is 2.17. The number of hydrogen-bond acceptors (Lipinski definition) is 1. The molecular formula is C7H8BO. The first-order valence-corrected chi connectivity index (χ1v) is 2.99. The smallest absolute Gasteiger partial charge is 0.171 e. The van der Waals surface area contributed by atoms with Crippen molar-refractivity contribution in [2.24, 2.45) is 0 Å². The molecule has 1 nitrogen and oxygen atoms in total. The van der Waals surface area contributed by atoms with Crippen molar-refractivity contribution in [3.63, 3.8) is 0 Å². The first-order chi connectivity index (χ1) is 4.29. The molecule has 0 amide bonds. The maximum Gasteiger partial charge on any atom is 0.171 e. The molecule has 0 spiro atoms. The normalized spacial score (nSPS) is 15.0. The molecule has 1 aliphatic rings. The highest BCUT2D eigenvalue weighted by Gasteiger charge is 2.00. The molecule has 0 atom stereocenters. The molecule has 1 rings (SSSR count). The summed E-state index contributed by atoms with van der Waals surface area (Å²) in [5.74, 6) is 4.13. The van der Waals surface area contributed by atoms with Gasteiger partial charge in [0.1, 0.15) is 5.78 Å². The van der Waals surface area contributed by atoms with Crippen LogP contribution in [0, 0.1) is 0 Å². The summed E-state index contributed by atoms with van der Waals surface area (Å²) in [6.45, 7) is 1.60. The highest BCUT2D eigenvalue weighted by molar-refractivity contribution is 6.49. The second-order valence-electron chi connectivity index (χ2n) is 2.17. The van der Waals surface area contributed by atoms with Gasteiger partial charge in [0.25, 0.3) is 0 Å². The van der Waals surface area contributed by atoms with E-state index in [1.165, 1.54) is 0 Å². The molecule has 0 saturated carbocycles. The Labute approximate surface area is 55.7 Å². The average molecular weight is 119 g/mol. The molecule has 0 aromatic carbocycles. The van der Waals surface area contributed by atoms with Crippen LogP contribution in [-0.4, -0.2) is 13.1 Å². The minimum Gasteiger partial charge on any atom is -0.300 e. The van der Waals surface area contributed by atoms with Crippen molar-refractivity contribution in [1.29, 1.82) is 0 Å². The van der Waals surface area contributed by atoms with Gasteiger partial charge >= 0.3 is 0 Å². The molecule has 0 aromatic heterocycles. The Hall–Kier alpha value is -0.785. The summed E-state index contributed by atoms with van der Waals surface area (Å²) in [6, 6.07) is 0. The largest absolute Gasteiger partial charge is 0.300 e. The number of allylic oxidation sites excluding steroid dienone is 2. The van der Waals surface area contributed by atoms with Crippen LogP contribution in [0.3, 0.4) is 0 Å². The fourth-order valence-corrected chi connectivity index (χ4v) is 0.819. The van der Waals surface area contributed by atoms with Gasteiger partial charge in [-0.25, -0.2) is 0 Å². The van der Waals surface area contributed by atoms with E-state index in [1.807, 2.05) is 25.3 Å². The van der Waals surface area contributed by atoms with E-state index in [4.69, 9.17) is 0 Å². The van der Waals surface area contributed by atoms with Gasteiger partial charge in [0, 0.05) is 6.42 Å². The summed E-state index contributed by atoms with van der Waals surface area (Å²) in [6.07, 6.45) is 2.54. The second kappa shape index (κ2) is 2.67. The molecule has 1 aliphatic heterocycles. The quantitative estimate of drug-likeness (QED) is 0.497. The maximum atomic E-state index is 10.5. The number of hydrogen-bond donors (Lipinski definition) is 0. The predicted octanol–water partition coefficient (Wildman–Crippen LogP) is 1.08. The zero-order valence-corrected chi connectivity index (χ0v) is 5.42. The highest BCUT2D eigenvalue weighted by atomic mass is 16.1. The zero-order valence-electron chi connectivity index (χ0n) is 5.42. The van der Waals surface area contributed by atoms with Crippen LogP contribution in [0.5, 0.6) is 0 Å². The van der Waals surface area contributed by atoms with E-state index in [9.17, 15) is 4.79 Å². The van der Waals surface area contributed by atoms with Gasteiger partial charge in [-0.05, 0) is 6.92 Å². The Kier molecular flexibility index (Phi) is 1.88. The number of ketones is 1. The maximum absolute atomic E-state index is 10.5. The monoisotopic (exact) mass is 119 g/mol. The molecular weight excluding hydrogens is 111 g/mol. The van der Waals surface area contributed by atoms with Gasteiger partial charge in [-0.2, -0.15) is 0 Å². The third-order valence-corrected chi connectivity index (χ3v) is 1.18. The molecule has 1 heterocycles. The lowest BCUT2D eigenvalue weighted by molar-refractivity contribution is -0.116. The number of carbonyl (C=O) groups is 1. The van der Waals surface area contributed by atoms with Crippen LogP contribution in [0.4, 0.5) is 0 Å². The molecule has 0 saturated heterocycles. The average Bonchev–Trinajstić information content (AvgIpc) is 2.15. The lowest BCUT2D eigenvalue weighted by Crippen LogP contribution is -1.89. The Bertz CT molecular complexity index is 179. The number of carbonyl (C=O) groups excluding carboxylic acids is 1. The van der Waals surface area contributed by atoms with Crippen molar-refractivity contribution in [3.05, 3.63) is 23.6 Å². The third kappa shape index (κ3) is 1.88. The van der Waals surface area contributed by atoms with Crippen LogP contribution < -0.4 is 0 Å². The molecule has 1 radical (unpaired) electrons. The highest BCUT2D eigenvalue weighted by Crippen LogP contribution is 2.07. The van der Waals surface area contributed by atoms with Gasteiger partial charge in [-0.1, -0.05) is 11.6 Å². The van der Waals surface area contributed by atoms with Crippen LogP contribution in [0.25, 0.3) is 0 Å². The molecule has 0 N–H and O–H groups in total. The van der Waals surface area contributed by atoms with E-state index < -0.39 is 0 Å². The van der Waals surface area contributed by atoms with Crippen LogP contribution in [0.1, 0.15) is 13.3 Å². The molecule has 0 fully saturated rings. The number of rotatable bonds is 2. The van der Waals surface area contributed by atoms with Gasteiger partial charge in [-0.3, -0.25) is 4.79 Å². The van der Waals surface area contributed by atoms with E-state index in [2.05, 4.69) is 0 Å². The Morgan fingerprint density at radius 2 is 2.56 bits per heavy atom. The van der Waals surface area contributed by atoms with Crippen molar-refractivity contribution < 1.29 is 4.79 Å². The zero-order chi connectivity index (χ0) is 6.69. The molecule has 2 heteroatoms. The van der Waals surface area contributed by atoms with E-state index in [1.54, 1.807) is 6.92 Å². The lowest BCUT2D eigenvalue weighted by atomic mass is 9.82. The fraction of sp³-hybridized carbons (Fsp3) is 0.286. The molecule has 0 aromatic rings. The van der Waals surface area contributed by atoms with Crippen molar-refractivity contribution in [1.82, 2.24) is 0 Å². The first-order valence-electron chi connectivity index (χ1n) is 2.99. The molecule has 0 aliphatic carbocycles. The summed E-state index contributed by atoms with van der Waals surface area (Å²) >= 11 is 0. The van der Waals surface area contributed by atoms with Gasteiger partial charge in [0.05, 0.1) is 0 Å². The first kappa shape index (κ1) is 6.34. The van der Waals surface area contributed by atoms with Gasteiger partial charge < -0.3 is 0 Å². The standard InChI is InChI=1S/C7H8BO/c1-6(9)4-7-2-3-8-5-7/h2-3,5H,4H2,1H3. The molecule has 0 unspecified atom stereocenters. The minimum atomic E-state index is 0.223. The predicted molar refractivity (Wildman–Crippen MR) is 38.3 cm³/mol. The third-order valence-electron chi connectivity index (χ3n) is 1.18. The Morgan fingerprint density at radius 3 is 3.00 bits per heavy atom. The van der Waals surface area contributed by atoms with Crippen LogP contribution >= 0.6 is 0 Å². The summed E-state index contributed by atoms with van der Waals surface area (Å²) < 4.78 is 0. The molecule has 9 heavy (non-hydrogen) atoms. The van der Waals surface area contributed by atoms with Crippen molar-refractivity contribution in [2.75, 3.05) is 0 Å². The lowest BCUT2D eigenvalue weighted by Gasteiger charge is -1.90. The Morgan fingerprint density at radius 1 is 1.78 bits per heavy atom. The van der Waals surface area contributed by atoms with Crippen LogP contribution in [-0.2, 0) is 4.79 Å². The molecule has 45 valence electrons. The van der Waals surface area contributed by atoms with Gasteiger partial charge in [0.15, 0.2) is 7.28 Å². The summed E-state index contributed by atoms with van der Waals surface area (Å²) in [5.41, 5.74) is 1.11. The topological polar surface area (TPSA) is 17.1 Å². The summed E-state index contributed by atoms with van der Waals surface area (Å²) in [7, 11) is 1.94. The summed E-state index contributed by atoms with van der Waals surface area (Å²) in [5, 5.41) is 0. The fourth-order valence-electron chi connectivity index (χ4n) is 0.819. The summed E-state index contributed by atoms with van der Waals surface area (Å²) in [4.78, 5) is 10.5. The van der Waals surface area contributed by atoms with Gasteiger partial charge in [0.2, 0.25) is 0 Å². The van der Waals surface area contributed by atoms with E-state index in [0.29, 0.717) is 6.42 Å². The van der Waals surface area contributed by atoms with Crippen molar-refractivity contribution >= 4 is 13.1 Å². The van der Waals surface area contributed by atoms with Crippen molar-refractivity contribution in [3.8, 4) is 0 Å². The van der Waals surface area contributed by atoms with Gasteiger partial charge in [-0.15, -0.1) is 12.0 Å². The SMILES string of the molecule is CC(=O)CC1=C[B]C=C1. The van der Waals surface area contributed by atoms with E-state index in [0.717, 1.165) is 5.57 Å². The van der Waals surface area contributed by atoms with Crippen LogP contribution in [0.15, 0.2) is 23.6 Å². The van der Waals surface area contributed by atoms with E-state index in [-0.39, 0.29) is 5.78 Å². The van der Waals surface area contributed by atoms with Crippen molar-refractivity contribution in [2.45, 2.75) is 13.3 Å². The van der Waals surface area contributed by atoms with E-state index >= 15 is 0 Å². The Balaban J connectivity index is 2.45. The van der Waals surface area contributed by atoms with Crippen LogP contribution in [0.2, 0.25) is 0 Å².